The minimum absolute atomic E-state index is 0.0992. The average molecular weight is 342 g/mol. The molecule has 2 aromatic carbocycles. The minimum Gasteiger partial charge on any atom is -0.544 e. The number of nitrogens with one attached hydrogen (secondary N) is 1. The highest BCUT2D eigenvalue weighted by Gasteiger charge is 2.22. The molecule has 0 unspecified atom stereocenters. The Bertz CT molecular complexity index is 701. The van der Waals surface area contributed by atoms with E-state index in [0.717, 1.165) is 5.56 Å². The molecule has 2 aromatic rings. The van der Waals surface area contributed by atoms with Crippen LogP contribution in [-0.4, -0.2) is 25.0 Å². The predicted molar refractivity (Wildman–Crippen MR) is 91.8 cm³/mol. The van der Waals surface area contributed by atoms with E-state index in [1.807, 2.05) is 37.3 Å². The summed E-state index contributed by atoms with van der Waals surface area (Å²) in [4.78, 5) is 23.5. The summed E-state index contributed by atoms with van der Waals surface area (Å²) >= 11 is 0. The Kier molecular flexibility index (Phi) is 6.54. The van der Waals surface area contributed by atoms with Crippen LogP contribution in [0.2, 0.25) is 0 Å². The zero-order valence-electron chi connectivity index (χ0n) is 14.3. The van der Waals surface area contributed by atoms with Crippen LogP contribution in [0.15, 0.2) is 54.6 Å². The first-order valence-electron chi connectivity index (χ1n) is 8.04. The number of quaternary nitrogens is 1. The molecule has 2 rings (SSSR count). The van der Waals surface area contributed by atoms with Crippen LogP contribution in [0.1, 0.15) is 24.9 Å². The number of carboxylic acid groups (broad SMARTS) is 1. The molecule has 0 heterocycles. The van der Waals surface area contributed by atoms with E-state index in [0.29, 0.717) is 11.4 Å². The van der Waals surface area contributed by atoms with Crippen molar-refractivity contribution in [1.82, 2.24) is 0 Å². The Hall–Kier alpha value is -2.86. The van der Waals surface area contributed by atoms with Gasteiger partial charge in [-0.3, -0.25) is 4.79 Å². The fourth-order valence-corrected chi connectivity index (χ4v) is 2.53. The molecule has 0 spiro atoms. The Morgan fingerprint density at radius 1 is 1.12 bits per heavy atom. The number of rotatable bonds is 8. The Labute approximate surface area is 146 Å². The summed E-state index contributed by atoms with van der Waals surface area (Å²) in [7, 11) is 1.56. The average Bonchev–Trinajstić information content (AvgIpc) is 2.62. The maximum atomic E-state index is 12.1. The van der Waals surface area contributed by atoms with Crippen LogP contribution in [0.25, 0.3) is 0 Å². The highest BCUT2D eigenvalue weighted by molar-refractivity contribution is 5.93. The SMILES string of the molecule is COc1ccc(NC(=O)C[C@@H]([NH2+][C@H](C)c2ccccc2)C(=O)[O-])cc1. The van der Waals surface area contributed by atoms with Crippen LogP contribution in [-0.2, 0) is 9.59 Å². The highest BCUT2D eigenvalue weighted by atomic mass is 16.5. The number of hydrogen-bond acceptors (Lipinski definition) is 4. The molecule has 0 aliphatic carbocycles. The molecule has 0 saturated heterocycles. The van der Waals surface area contributed by atoms with Crippen LogP contribution in [0.3, 0.4) is 0 Å². The van der Waals surface area contributed by atoms with E-state index in [4.69, 9.17) is 4.74 Å². The van der Waals surface area contributed by atoms with Gasteiger partial charge in [-0.15, -0.1) is 0 Å². The van der Waals surface area contributed by atoms with E-state index in [1.54, 1.807) is 36.7 Å². The first-order chi connectivity index (χ1) is 12.0. The first-order valence-corrected chi connectivity index (χ1v) is 8.04. The number of carboxylic acids is 1. The van der Waals surface area contributed by atoms with Crippen LogP contribution < -0.4 is 20.5 Å². The molecule has 0 bridgehead atoms. The largest absolute Gasteiger partial charge is 0.544 e. The molecular weight excluding hydrogens is 320 g/mol. The van der Waals surface area contributed by atoms with Gasteiger partial charge in [0, 0.05) is 11.3 Å². The molecule has 0 radical (unpaired) electrons. The summed E-state index contributed by atoms with van der Waals surface area (Å²) in [5.41, 5.74) is 1.57. The number of aliphatic carboxylic acids is 1. The van der Waals surface area contributed by atoms with Gasteiger partial charge in [0.05, 0.1) is 19.5 Å². The maximum absolute atomic E-state index is 12.1. The number of carbonyl (C=O) groups is 2. The van der Waals surface area contributed by atoms with Crippen LogP contribution >= 0.6 is 0 Å². The molecule has 2 atom stereocenters. The van der Waals surface area contributed by atoms with Crippen molar-refractivity contribution in [1.29, 1.82) is 0 Å². The standard InChI is InChI=1S/C19H22N2O4/c1-13(14-6-4-3-5-7-14)20-17(19(23)24)12-18(22)21-15-8-10-16(25-2)11-9-15/h3-11,13,17,20H,12H2,1-2H3,(H,21,22)(H,23,24)/t13-,17-/m1/s1. The van der Waals surface area contributed by atoms with Gasteiger partial charge in [-0.2, -0.15) is 0 Å². The monoisotopic (exact) mass is 342 g/mol. The molecule has 0 fully saturated rings. The van der Waals surface area contributed by atoms with Gasteiger partial charge in [0.25, 0.3) is 0 Å². The van der Waals surface area contributed by atoms with Crippen molar-refractivity contribution < 1.29 is 24.7 Å². The van der Waals surface area contributed by atoms with E-state index < -0.39 is 12.0 Å². The van der Waals surface area contributed by atoms with Crippen molar-refractivity contribution in [3.05, 3.63) is 60.2 Å². The first kappa shape index (κ1) is 18.5. The Morgan fingerprint density at radius 2 is 1.76 bits per heavy atom. The van der Waals surface area contributed by atoms with E-state index in [-0.39, 0.29) is 18.4 Å². The molecule has 0 saturated carbocycles. The number of hydrogen-bond donors (Lipinski definition) is 2. The van der Waals surface area contributed by atoms with Gasteiger partial charge in [-0.1, -0.05) is 30.3 Å². The number of nitrogens with two attached hydrogens (primary N) is 1. The number of benzene rings is 2. The van der Waals surface area contributed by atoms with Crippen LogP contribution in [0, 0.1) is 0 Å². The highest BCUT2D eigenvalue weighted by Crippen LogP contribution is 2.15. The normalized spacial score (nSPS) is 12.9. The number of methoxy groups -OCH3 is 1. The number of anilines is 1. The van der Waals surface area contributed by atoms with E-state index >= 15 is 0 Å². The van der Waals surface area contributed by atoms with Crippen molar-refractivity contribution >= 4 is 17.6 Å². The summed E-state index contributed by atoms with van der Waals surface area (Å²) in [5.74, 6) is -0.959. The lowest BCUT2D eigenvalue weighted by Crippen LogP contribution is -2.93. The van der Waals surface area contributed by atoms with E-state index in [9.17, 15) is 14.7 Å². The van der Waals surface area contributed by atoms with Gasteiger partial charge in [0.2, 0.25) is 5.91 Å². The van der Waals surface area contributed by atoms with Crippen molar-refractivity contribution in [2.75, 3.05) is 12.4 Å². The van der Waals surface area contributed by atoms with Gasteiger partial charge in [0.1, 0.15) is 17.8 Å². The second kappa shape index (κ2) is 8.84. The molecule has 6 nitrogen and oxygen atoms in total. The van der Waals surface area contributed by atoms with Gasteiger partial charge < -0.3 is 25.3 Å². The van der Waals surface area contributed by atoms with Crippen molar-refractivity contribution in [3.63, 3.8) is 0 Å². The van der Waals surface area contributed by atoms with Crippen molar-refractivity contribution in [2.45, 2.75) is 25.4 Å². The lowest BCUT2D eigenvalue weighted by Gasteiger charge is -2.21. The van der Waals surface area contributed by atoms with Crippen LogP contribution in [0.4, 0.5) is 5.69 Å². The zero-order chi connectivity index (χ0) is 18.2. The third-order valence-corrected chi connectivity index (χ3v) is 3.93. The molecule has 6 heteroatoms. The Morgan fingerprint density at radius 3 is 2.32 bits per heavy atom. The smallest absolute Gasteiger partial charge is 0.230 e. The predicted octanol–water partition coefficient (Wildman–Crippen LogP) is 0.467. The van der Waals surface area contributed by atoms with E-state index in [2.05, 4.69) is 5.32 Å². The van der Waals surface area contributed by atoms with Gasteiger partial charge in [-0.25, -0.2) is 0 Å². The van der Waals surface area contributed by atoms with Gasteiger partial charge >= 0.3 is 0 Å². The summed E-state index contributed by atoms with van der Waals surface area (Å²) in [5, 5.41) is 15.7. The summed E-state index contributed by atoms with van der Waals surface area (Å²) in [6.45, 7) is 1.90. The Balaban J connectivity index is 1.95. The lowest BCUT2D eigenvalue weighted by atomic mass is 10.1. The van der Waals surface area contributed by atoms with Crippen molar-refractivity contribution in [3.8, 4) is 5.75 Å². The minimum atomic E-state index is -1.26. The van der Waals surface area contributed by atoms with Gasteiger partial charge in [0.15, 0.2) is 0 Å². The van der Waals surface area contributed by atoms with Crippen LogP contribution in [0.5, 0.6) is 5.75 Å². The topological polar surface area (TPSA) is 95.1 Å². The maximum Gasteiger partial charge on any atom is 0.230 e. The summed E-state index contributed by atoms with van der Waals surface area (Å²) in [6, 6.07) is 15.3. The van der Waals surface area contributed by atoms with E-state index in [1.165, 1.54) is 0 Å². The molecular formula is C19H22N2O4. The quantitative estimate of drug-likeness (QED) is 0.729. The molecule has 3 N–H and O–H groups in total. The zero-order valence-corrected chi connectivity index (χ0v) is 14.3. The summed E-state index contributed by atoms with van der Waals surface area (Å²) in [6.07, 6.45) is -0.175. The van der Waals surface area contributed by atoms with Gasteiger partial charge in [-0.05, 0) is 31.2 Å². The third-order valence-electron chi connectivity index (χ3n) is 3.93. The second-order valence-corrected chi connectivity index (χ2v) is 5.80. The third kappa shape index (κ3) is 5.61. The molecule has 0 aromatic heterocycles. The molecule has 0 aliphatic rings. The fraction of sp³-hybridized carbons (Fsp3) is 0.263. The molecule has 25 heavy (non-hydrogen) atoms. The molecule has 0 aliphatic heterocycles. The number of ether oxygens (including phenoxy) is 1. The fourth-order valence-electron chi connectivity index (χ4n) is 2.53. The molecule has 1 amide bonds. The summed E-state index contributed by atoms with van der Waals surface area (Å²) < 4.78 is 5.05. The number of amides is 1. The van der Waals surface area contributed by atoms with Crippen molar-refractivity contribution in [2.24, 2.45) is 0 Å². The molecule has 132 valence electrons. The number of carbonyl (C=O) groups excluding carboxylic acids is 2. The lowest BCUT2D eigenvalue weighted by molar-refractivity contribution is -0.717. The second-order valence-electron chi connectivity index (χ2n) is 5.80.